The van der Waals surface area contributed by atoms with Gasteiger partial charge in [-0.3, -0.25) is 0 Å². The van der Waals surface area contributed by atoms with E-state index in [4.69, 9.17) is 0 Å². The minimum absolute atomic E-state index is 0.971. The molecular weight excluding hydrogens is 254 g/mol. The fourth-order valence-corrected chi connectivity index (χ4v) is 3.94. The third-order valence-electron chi connectivity index (χ3n) is 5.33. The van der Waals surface area contributed by atoms with Crippen LogP contribution in [0.4, 0.5) is 0 Å². The second kappa shape index (κ2) is 13.6. The van der Waals surface area contributed by atoms with Crippen molar-refractivity contribution in [2.45, 2.75) is 104 Å². The molecular formula is C20H41N. The van der Waals surface area contributed by atoms with Crippen molar-refractivity contribution in [3.63, 3.8) is 0 Å². The Morgan fingerprint density at radius 2 is 1.38 bits per heavy atom. The predicted octanol–water partition coefficient (Wildman–Crippen LogP) is 6.32. The van der Waals surface area contributed by atoms with Gasteiger partial charge in [-0.2, -0.15) is 0 Å². The molecule has 1 heteroatoms. The van der Waals surface area contributed by atoms with Gasteiger partial charge in [0.05, 0.1) is 0 Å². The van der Waals surface area contributed by atoms with Crippen molar-refractivity contribution in [1.29, 1.82) is 0 Å². The van der Waals surface area contributed by atoms with Crippen LogP contribution < -0.4 is 5.32 Å². The molecule has 1 nitrogen and oxygen atoms in total. The van der Waals surface area contributed by atoms with Crippen LogP contribution in [0.15, 0.2) is 0 Å². The van der Waals surface area contributed by atoms with Gasteiger partial charge in [0.1, 0.15) is 0 Å². The highest BCUT2D eigenvalue weighted by molar-refractivity contribution is 4.76. The topological polar surface area (TPSA) is 12.0 Å². The predicted molar refractivity (Wildman–Crippen MR) is 95.8 cm³/mol. The second-order valence-corrected chi connectivity index (χ2v) is 7.27. The zero-order valence-corrected chi connectivity index (χ0v) is 15.0. The van der Waals surface area contributed by atoms with Crippen molar-refractivity contribution in [2.75, 3.05) is 13.1 Å². The lowest BCUT2D eigenvalue weighted by Gasteiger charge is -2.25. The third-order valence-corrected chi connectivity index (χ3v) is 5.33. The summed E-state index contributed by atoms with van der Waals surface area (Å²) in [6.45, 7) is 7.07. The Kier molecular flexibility index (Phi) is 12.3. The van der Waals surface area contributed by atoms with E-state index in [-0.39, 0.29) is 0 Å². The fraction of sp³-hybridized carbons (Fsp3) is 1.00. The molecule has 0 aliphatic heterocycles. The monoisotopic (exact) mass is 295 g/mol. The van der Waals surface area contributed by atoms with Gasteiger partial charge in [0, 0.05) is 0 Å². The van der Waals surface area contributed by atoms with Crippen molar-refractivity contribution in [2.24, 2.45) is 11.8 Å². The van der Waals surface area contributed by atoms with Crippen molar-refractivity contribution < 1.29 is 0 Å². The Morgan fingerprint density at radius 3 is 2.10 bits per heavy atom. The quantitative estimate of drug-likeness (QED) is 0.328. The lowest BCUT2D eigenvalue weighted by Crippen LogP contribution is -2.28. The van der Waals surface area contributed by atoms with E-state index in [1.54, 1.807) is 0 Å². The van der Waals surface area contributed by atoms with Gasteiger partial charge in [0.15, 0.2) is 0 Å². The van der Waals surface area contributed by atoms with Gasteiger partial charge < -0.3 is 5.32 Å². The van der Waals surface area contributed by atoms with Gasteiger partial charge >= 0.3 is 0 Å². The van der Waals surface area contributed by atoms with E-state index in [0.717, 1.165) is 11.8 Å². The first kappa shape index (κ1) is 19.0. The summed E-state index contributed by atoms with van der Waals surface area (Å²) in [6.07, 6.45) is 20.4. The average molecular weight is 296 g/mol. The maximum atomic E-state index is 3.69. The van der Waals surface area contributed by atoms with Crippen LogP contribution in [0.5, 0.6) is 0 Å². The maximum Gasteiger partial charge on any atom is -0.00179 e. The molecule has 0 aromatic carbocycles. The molecule has 1 aliphatic carbocycles. The summed E-state index contributed by atoms with van der Waals surface area (Å²) in [4.78, 5) is 0. The number of unbranched alkanes of at least 4 members (excludes halogenated alkanes) is 6. The first-order valence-electron chi connectivity index (χ1n) is 10.1. The Morgan fingerprint density at radius 1 is 0.714 bits per heavy atom. The highest BCUT2D eigenvalue weighted by atomic mass is 14.9. The van der Waals surface area contributed by atoms with Crippen LogP contribution in [0.2, 0.25) is 0 Å². The van der Waals surface area contributed by atoms with Crippen molar-refractivity contribution in [3.8, 4) is 0 Å². The van der Waals surface area contributed by atoms with E-state index in [9.17, 15) is 0 Å². The second-order valence-electron chi connectivity index (χ2n) is 7.27. The van der Waals surface area contributed by atoms with Crippen molar-refractivity contribution in [3.05, 3.63) is 0 Å². The van der Waals surface area contributed by atoms with Crippen LogP contribution in [-0.4, -0.2) is 13.1 Å². The number of hydrogen-bond acceptors (Lipinski definition) is 1. The molecule has 21 heavy (non-hydrogen) atoms. The Labute approximate surface area is 134 Å². The molecule has 1 aliphatic rings. The largest absolute Gasteiger partial charge is 0.316 e. The van der Waals surface area contributed by atoms with E-state index in [2.05, 4.69) is 19.2 Å². The molecule has 2 unspecified atom stereocenters. The number of rotatable bonds is 12. The van der Waals surface area contributed by atoms with Crippen LogP contribution in [0.25, 0.3) is 0 Å². The lowest BCUT2D eigenvalue weighted by molar-refractivity contribution is 0.275. The van der Waals surface area contributed by atoms with Gasteiger partial charge in [-0.1, -0.05) is 90.9 Å². The normalized spacial score (nSPS) is 23.1. The molecule has 0 aromatic rings. The zero-order valence-electron chi connectivity index (χ0n) is 15.0. The summed E-state index contributed by atoms with van der Waals surface area (Å²) in [5.41, 5.74) is 0. The molecule has 1 saturated carbocycles. The molecule has 0 amide bonds. The minimum Gasteiger partial charge on any atom is -0.316 e. The van der Waals surface area contributed by atoms with Gasteiger partial charge in [0.2, 0.25) is 0 Å². The Bertz CT molecular complexity index is 214. The Balaban J connectivity index is 2.14. The SMILES string of the molecule is CCCCCCCCCC1CCCCCC1CNCCC. The zero-order chi connectivity index (χ0) is 15.2. The van der Waals surface area contributed by atoms with Crippen LogP contribution >= 0.6 is 0 Å². The van der Waals surface area contributed by atoms with E-state index < -0.39 is 0 Å². The Hall–Kier alpha value is -0.0400. The molecule has 0 heterocycles. The van der Waals surface area contributed by atoms with Crippen molar-refractivity contribution in [1.82, 2.24) is 5.32 Å². The number of hydrogen-bond donors (Lipinski definition) is 1. The molecule has 0 spiro atoms. The lowest BCUT2D eigenvalue weighted by atomic mass is 9.83. The molecule has 1 rings (SSSR count). The van der Waals surface area contributed by atoms with Gasteiger partial charge in [-0.05, 0) is 37.8 Å². The molecule has 2 atom stereocenters. The maximum absolute atomic E-state index is 3.69. The van der Waals surface area contributed by atoms with Crippen LogP contribution in [0.1, 0.15) is 104 Å². The molecule has 126 valence electrons. The summed E-state index contributed by atoms with van der Waals surface area (Å²) in [6, 6.07) is 0. The summed E-state index contributed by atoms with van der Waals surface area (Å²) in [5.74, 6) is 1.99. The average Bonchev–Trinajstić information content (AvgIpc) is 2.72. The summed E-state index contributed by atoms with van der Waals surface area (Å²) >= 11 is 0. The molecule has 0 bridgehead atoms. The summed E-state index contributed by atoms with van der Waals surface area (Å²) in [7, 11) is 0. The minimum atomic E-state index is 0.971. The third kappa shape index (κ3) is 9.55. The smallest absolute Gasteiger partial charge is 0.00179 e. The standard InChI is InChI=1S/C20H41N/c1-3-5-6-7-8-9-11-14-19-15-12-10-13-16-20(19)18-21-17-4-2/h19-21H,3-18H2,1-2H3. The van der Waals surface area contributed by atoms with E-state index in [0.29, 0.717) is 0 Å². The fourth-order valence-electron chi connectivity index (χ4n) is 3.94. The molecule has 1 fully saturated rings. The highest BCUT2D eigenvalue weighted by Crippen LogP contribution is 2.32. The summed E-state index contributed by atoms with van der Waals surface area (Å²) < 4.78 is 0. The van der Waals surface area contributed by atoms with Crippen LogP contribution in [0.3, 0.4) is 0 Å². The van der Waals surface area contributed by atoms with Crippen LogP contribution in [-0.2, 0) is 0 Å². The van der Waals surface area contributed by atoms with E-state index >= 15 is 0 Å². The van der Waals surface area contributed by atoms with Gasteiger partial charge in [-0.25, -0.2) is 0 Å². The van der Waals surface area contributed by atoms with Gasteiger partial charge in [0.25, 0.3) is 0 Å². The summed E-state index contributed by atoms with van der Waals surface area (Å²) in [5, 5.41) is 3.69. The van der Waals surface area contributed by atoms with E-state index in [1.165, 1.54) is 103 Å². The van der Waals surface area contributed by atoms with Gasteiger partial charge in [-0.15, -0.1) is 0 Å². The molecule has 0 saturated heterocycles. The highest BCUT2D eigenvalue weighted by Gasteiger charge is 2.22. The molecule has 0 radical (unpaired) electrons. The van der Waals surface area contributed by atoms with Crippen molar-refractivity contribution >= 4 is 0 Å². The molecule has 1 N–H and O–H groups in total. The van der Waals surface area contributed by atoms with Crippen LogP contribution in [0, 0.1) is 11.8 Å². The number of nitrogens with one attached hydrogen (secondary N) is 1. The van der Waals surface area contributed by atoms with E-state index in [1.807, 2.05) is 0 Å². The molecule has 0 aromatic heterocycles. The first-order chi connectivity index (χ1) is 10.4. The first-order valence-corrected chi connectivity index (χ1v) is 10.1.